The van der Waals surface area contributed by atoms with Gasteiger partial charge in [-0.1, -0.05) is 48.9 Å². The van der Waals surface area contributed by atoms with Crippen LogP contribution in [0.15, 0.2) is 78.9 Å². The van der Waals surface area contributed by atoms with Gasteiger partial charge in [0, 0.05) is 53.9 Å². The maximum Gasteiger partial charge on any atom is 0.266 e. The van der Waals surface area contributed by atoms with E-state index in [9.17, 15) is 14.4 Å². The molecule has 0 radical (unpaired) electrons. The summed E-state index contributed by atoms with van der Waals surface area (Å²) in [5.74, 6) is -0.993. The van der Waals surface area contributed by atoms with E-state index in [2.05, 4.69) is 34.1 Å². The van der Waals surface area contributed by atoms with Crippen LogP contribution in [0.5, 0.6) is 0 Å². The van der Waals surface area contributed by atoms with Crippen LogP contribution in [0.2, 0.25) is 5.02 Å². The van der Waals surface area contributed by atoms with Crippen molar-refractivity contribution in [2.24, 2.45) is 0 Å². The molecule has 0 unspecified atom stereocenters. The fourth-order valence-corrected chi connectivity index (χ4v) is 6.86. The SMILES string of the molecule is CCc1sc(N2C(=O)c3ccccc3C2=O)c(C(=O)c2ccc(Cl)cc2)c1CN1CCN(c2ccccc2)CC1. The van der Waals surface area contributed by atoms with Gasteiger partial charge in [0.25, 0.3) is 11.8 Å². The third-order valence-electron chi connectivity index (χ3n) is 7.60. The number of imide groups is 1. The molecule has 1 saturated heterocycles. The predicted octanol–water partition coefficient (Wildman–Crippen LogP) is 6.32. The van der Waals surface area contributed by atoms with Gasteiger partial charge < -0.3 is 4.90 Å². The number of carbonyl (C=O) groups excluding carboxylic acids is 3. The monoisotopic (exact) mass is 569 g/mol. The third-order valence-corrected chi connectivity index (χ3v) is 9.21. The second-order valence-corrected chi connectivity index (χ2v) is 11.5. The molecule has 1 aromatic heterocycles. The van der Waals surface area contributed by atoms with Crippen LogP contribution >= 0.6 is 22.9 Å². The molecule has 40 heavy (non-hydrogen) atoms. The van der Waals surface area contributed by atoms with Gasteiger partial charge in [-0.15, -0.1) is 11.3 Å². The number of para-hydroxylation sites is 1. The number of nitrogens with zero attached hydrogens (tertiary/aromatic N) is 3. The molecule has 0 atom stereocenters. The first-order valence-electron chi connectivity index (χ1n) is 13.4. The molecule has 1 fully saturated rings. The number of hydrogen-bond donors (Lipinski definition) is 0. The van der Waals surface area contributed by atoms with Gasteiger partial charge in [0.05, 0.1) is 16.7 Å². The molecule has 0 saturated carbocycles. The summed E-state index contributed by atoms with van der Waals surface area (Å²) in [4.78, 5) is 48.1. The summed E-state index contributed by atoms with van der Waals surface area (Å²) in [6, 6.07) is 24.0. The summed E-state index contributed by atoms with van der Waals surface area (Å²) >= 11 is 7.49. The van der Waals surface area contributed by atoms with Gasteiger partial charge in [-0.05, 0) is 60.5 Å². The topological polar surface area (TPSA) is 60.9 Å². The molecule has 6 rings (SSSR count). The van der Waals surface area contributed by atoms with E-state index in [-0.39, 0.29) is 5.78 Å². The van der Waals surface area contributed by atoms with E-state index in [0.717, 1.165) is 36.6 Å². The number of amides is 2. The Morgan fingerprint density at radius 1 is 0.825 bits per heavy atom. The molecule has 3 aromatic carbocycles. The van der Waals surface area contributed by atoms with Crippen molar-refractivity contribution in [2.75, 3.05) is 36.0 Å². The summed E-state index contributed by atoms with van der Waals surface area (Å²) in [5.41, 5.74) is 3.73. The molecule has 0 spiro atoms. The van der Waals surface area contributed by atoms with Crippen molar-refractivity contribution >= 4 is 51.2 Å². The first kappa shape index (κ1) is 26.4. The lowest BCUT2D eigenvalue weighted by Gasteiger charge is -2.36. The molecule has 0 aliphatic carbocycles. The molecule has 202 valence electrons. The molecule has 4 aromatic rings. The van der Waals surface area contributed by atoms with E-state index >= 15 is 0 Å². The van der Waals surface area contributed by atoms with E-state index in [0.29, 0.717) is 45.2 Å². The number of aryl methyl sites for hydroxylation is 1. The maximum atomic E-state index is 14.1. The van der Waals surface area contributed by atoms with Gasteiger partial charge in [-0.2, -0.15) is 0 Å². The highest BCUT2D eigenvalue weighted by molar-refractivity contribution is 7.17. The highest BCUT2D eigenvalue weighted by Crippen LogP contribution is 2.42. The van der Waals surface area contributed by atoms with Gasteiger partial charge in [0.2, 0.25) is 0 Å². The lowest BCUT2D eigenvalue weighted by atomic mass is 9.98. The highest BCUT2D eigenvalue weighted by Gasteiger charge is 2.41. The molecule has 2 aliphatic heterocycles. The van der Waals surface area contributed by atoms with Crippen molar-refractivity contribution in [2.45, 2.75) is 19.9 Å². The van der Waals surface area contributed by atoms with Gasteiger partial charge in [-0.25, -0.2) is 4.90 Å². The Labute approximate surface area is 242 Å². The number of carbonyl (C=O) groups is 3. The summed E-state index contributed by atoms with van der Waals surface area (Å²) < 4.78 is 0. The van der Waals surface area contributed by atoms with Gasteiger partial charge in [0.15, 0.2) is 5.78 Å². The zero-order chi connectivity index (χ0) is 27.8. The molecular weight excluding hydrogens is 542 g/mol. The minimum atomic E-state index is -0.391. The van der Waals surface area contributed by atoms with E-state index in [1.807, 2.05) is 13.0 Å². The average Bonchev–Trinajstić information content (AvgIpc) is 3.47. The van der Waals surface area contributed by atoms with Crippen molar-refractivity contribution in [3.63, 3.8) is 0 Å². The first-order chi connectivity index (χ1) is 19.5. The second kappa shape index (κ2) is 11.0. The first-order valence-corrected chi connectivity index (χ1v) is 14.6. The molecule has 0 bridgehead atoms. The number of rotatable bonds is 7. The zero-order valence-corrected chi connectivity index (χ0v) is 23.7. The number of anilines is 2. The quantitative estimate of drug-likeness (QED) is 0.193. The van der Waals surface area contributed by atoms with Crippen LogP contribution in [0.1, 0.15) is 54.0 Å². The number of halogens is 1. The highest BCUT2D eigenvalue weighted by atomic mass is 35.5. The van der Waals surface area contributed by atoms with E-state index in [1.54, 1.807) is 48.5 Å². The maximum absolute atomic E-state index is 14.1. The van der Waals surface area contributed by atoms with Crippen LogP contribution in [0, 0.1) is 0 Å². The van der Waals surface area contributed by atoms with Gasteiger partial charge >= 0.3 is 0 Å². The molecule has 8 heteroatoms. The van der Waals surface area contributed by atoms with Crippen LogP contribution in [0.25, 0.3) is 0 Å². The largest absolute Gasteiger partial charge is 0.369 e. The zero-order valence-electron chi connectivity index (χ0n) is 22.1. The van der Waals surface area contributed by atoms with Crippen molar-refractivity contribution in [3.05, 3.63) is 117 Å². The average molecular weight is 570 g/mol. The molecular formula is C32H28ClN3O3S. The number of piperazine rings is 1. The summed E-state index contributed by atoms with van der Waals surface area (Å²) in [5, 5.41) is 0.939. The van der Waals surface area contributed by atoms with Crippen LogP contribution < -0.4 is 9.80 Å². The Morgan fingerprint density at radius 3 is 2.02 bits per heavy atom. The fraction of sp³-hybridized carbons (Fsp3) is 0.219. The van der Waals surface area contributed by atoms with Crippen molar-refractivity contribution in [1.82, 2.24) is 4.90 Å². The number of benzene rings is 3. The van der Waals surface area contributed by atoms with Crippen molar-refractivity contribution in [3.8, 4) is 0 Å². The Kier molecular flexibility index (Phi) is 7.27. The van der Waals surface area contributed by atoms with Crippen LogP contribution in [0.4, 0.5) is 10.7 Å². The summed E-state index contributed by atoms with van der Waals surface area (Å²) in [7, 11) is 0. The summed E-state index contributed by atoms with van der Waals surface area (Å²) in [6.45, 7) is 6.05. The molecule has 2 amide bonds. The van der Waals surface area contributed by atoms with Crippen molar-refractivity contribution < 1.29 is 14.4 Å². The number of ketones is 1. The van der Waals surface area contributed by atoms with Gasteiger partial charge in [-0.3, -0.25) is 19.3 Å². The van der Waals surface area contributed by atoms with Crippen LogP contribution in [-0.4, -0.2) is 48.7 Å². The van der Waals surface area contributed by atoms with Crippen molar-refractivity contribution in [1.29, 1.82) is 0 Å². The lowest BCUT2D eigenvalue weighted by molar-refractivity contribution is 0.0927. The van der Waals surface area contributed by atoms with Crippen LogP contribution in [-0.2, 0) is 13.0 Å². The number of thiophene rings is 1. The summed E-state index contributed by atoms with van der Waals surface area (Å²) in [6.07, 6.45) is 0.689. The normalized spacial score (nSPS) is 15.6. The predicted molar refractivity (Wildman–Crippen MR) is 160 cm³/mol. The van der Waals surface area contributed by atoms with E-state index < -0.39 is 11.8 Å². The van der Waals surface area contributed by atoms with E-state index in [1.165, 1.54) is 21.9 Å². The standard InChI is InChI=1S/C32H28ClN3O3S/c1-2-27-26(20-34-16-18-35(19-17-34)23-8-4-3-5-9-23)28(29(37)21-12-14-22(33)15-13-21)32(40-27)36-30(38)24-10-6-7-11-25(24)31(36)39/h3-15H,2,16-20H2,1H3. The van der Waals surface area contributed by atoms with E-state index in [4.69, 9.17) is 11.6 Å². The van der Waals surface area contributed by atoms with Crippen LogP contribution in [0.3, 0.4) is 0 Å². The smallest absolute Gasteiger partial charge is 0.266 e. The molecule has 2 aliphatic rings. The number of fused-ring (bicyclic) bond motifs is 1. The minimum absolute atomic E-state index is 0.211. The fourth-order valence-electron chi connectivity index (χ4n) is 5.49. The Hall–Kier alpha value is -3.78. The Bertz CT molecular complexity index is 1560. The second-order valence-electron chi connectivity index (χ2n) is 9.96. The molecule has 6 nitrogen and oxygen atoms in total. The molecule has 0 N–H and O–H groups in total. The number of hydrogen-bond acceptors (Lipinski definition) is 6. The lowest BCUT2D eigenvalue weighted by Crippen LogP contribution is -2.46. The minimum Gasteiger partial charge on any atom is -0.369 e. The third kappa shape index (κ3) is 4.74. The Morgan fingerprint density at radius 2 is 1.43 bits per heavy atom. The molecule has 3 heterocycles. The Balaban J connectivity index is 1.38. The van der Waals surface area contributed by atoms with Gasteiger partial charge in [0.1, 0.15) is 5.00 Å².